The Morgan fingerprint density at radius 3 is 3.17 bits per heavy atom. The van der Waals surface area contributed by atoms with Crippen molar-refractivity contribution in [3.05, 3.63) is 17.7 Å². The lowest BCUT2D eigenvalue weighted by Gasteiger charge is -1.95. The number of nitrogens with zero attached hydrogens (tertiary/aromatic N) is 1. The molecule has 0 aliphatic carbocycles. The van der Waals surface area contributed by atoms with Gasteiger partial charge >= 0.3 is 0 Å². The molecule has 12 heavy (non-hydrogen) atoms. The Bertz CT molecular complexity index is 245. The van der Waals surface area contributed by atoms with Crippen molar-refractivity contribution in [3.8, 4) is 0 Å². The van der Waals surface area contributed by atoms with Gasteiger partial charge in [-0.05, 0) is 6.42 Å². The number of hydrogen-bond donors (Lipinski definition) is 1. The summed E-state index contributed by atoms with van der Waals surface area (Å²) in [6, 6.07) is 0. The van der Waals surface area contributed by atoms with Crippen molar-refractivity contribution in [1.82, 2.24) is 9.97 Å². The standard InChI is InChI=1S/C8H12N2O2/c1-12-4-2-3-8-9-5-7(6-11)10-8/h5-6H,2-4H2,1H3,(H,9,10). The minimum Gasteiger partial charge on any atom is -0.385 e. The minimum atomic E-state index is 0.530. The van der Waals surface area contributed by atoms with Crippen molar-refractivity contribution in [2.24, 2.45) is 0 Å². The lowest BCUT2D eigenvalue weighted by molar-refractivity contribution is 0.111. The number of aryl methyl sites for hydroxylation is 1. The molecule has 4 nitrogen and oxygen atoms in total. The smallest absolute Gasteiger partial charge is 0.167 e. The highest BCUT2D eigenvalue weighted by Crippen LogP contribution is 1.97. The van der Waals surface area contributed by atoms with Crippen LogP contribution in [0, 0.1) is 0 Å². The van der Waals surface area contributed by atoms with Crippen LogP contribution in [0.5, 0.6) is 0 Å². The molecular formula is C8H12N2O2. The van der Waals surface area contributed by atoms with E-state index < -0.39 is 0 Å². The van der Waals surface area contributed by atoms with Crippen LogP contribution in [0.2, 0.25) is 0 Å². The first-order chi connectivity index (χ1) is 5.86. The predicted octanol–water partition coefficient (Wildman–Crippen LogP) is 0.801. The molecule has 0 aliphatic heterocycles. The van der Waals surface area contributed by atoms with E-state index in [0.717, 1.165) is 31.6 Å². The third-order valence-corrected chi connectivity index (χ3v) is 1.54. The van der Waals surface area contributed by atoms with Gasteiger partial charge in [-0.3, -0.25) is 4.79 Å². The summed E-state index contributed by atoms with van der Waals surface area (Å²) in [4.78, 5) is 17.2. The second kappa shape index (κ2) is 4.66. The summed E-state index contributed by atoms with van der Waals surface area (Å²) >= 11 is 0. The molecule has 0 radical (unpaired) electrons. The number of H-pyrrole nitrogens is 1. The molecule has 66 valence electrons. The summed E-state index contributed by atoms with van der Waals surface area (Å²) in [6.45, 7) is 0.719. The Hall–Kier alpha value is -1.16. The maximum Gasteiger partial charge on any atom is 0.167 e. The number of carbonyl (C=O) groups excluding carboxylic acids is 1. The highest BCUT2D eigenvalue weighted by atomic mass is 16.5. The molecule has 0 saturated carbocycles. The van der Waals surface area contributed by atoms with Gasteiger partial charge < -0.3 is 9.72 Å². The number of methoxy groups -OCH3 is 1. The summed E-state index contributed by atoms with van der Waals surface area (Å²) in [5, 5.41) is 0. The Morgan fingerprint density at radius 1 is 1.75 bits per heavy atom. The number of carbonyl (C=O) groups is 1. The maximum atomic E-state index is 10.3. The van der Waals surface area contributed by atoms with E-state index in [0.29, 0.717) is 5.69 Å². The molecule has 0 fully saturated rings. The van der Waals surface area contributed by atoms with Crippen LogP contribution in [0.4, 0.5) is 0 Å². The predicted molar refractivity (Wildman–Crippen MR) is 44.2 cm³/mol. The second-order valence-electron chi connectivity index (χ2n) is 2.50. The quantitative estimate of drug-likeness (QED) is 0.522. The van der Waals surface area contributed by atoms with Gasteiger partial charge in [0.1, 0.15) is 5.82 Å². The molecule has 1 aromatic heterocycles. The highest BCUT2D eigenvalue weighted by Gasteiger charge is 1.98. The molecule has 0 bridgehead atoms. The number of imidazole rings is 1. The van der Waals surface area contributed by atoms with Crippen LogP contribution in [-0.4, -0.2) is 30.0 Å². The molecule has 0 amide bonds. The molecule has 1 heterocycles. The molecule has 0 saturated heterocycles. The van der Waals surface area contributed by atoms with Gasteiger partial charge in [-0.2, -0.15) is 0 Å². The molecule has 1 aromatic rings. The molecule has 0 atom stereocenters. The maximum absolute atomic E-state index is 10.3. The van der Waals surface area contributed by atoms with Gasteiger partial charge in [-0.15, -0.1) is 0 Å². The fraction of sp³-hybridized carbons (Fsp3) is 0.500. The fourth-order valence-electron chi connectivity index (χ4n) is 0.950. The number of aromatic amines is 1. The van der Waals surface area contributed by atoms with E-state index in [2.05, 4.69) is 9.97 Å². The average molecular weight is 168 g/mol. The fourth-order valence-corrected chi connectivity index (χ4v) is 0.950. The van der Waals surface area contributed by atoms with Crippen LogP contribution in [0.15, 0.2) is 6.20 Å². The zero-order chi connectivity index (χ0) is 8.81. The van der Waals surface area contributed by atoms with Crippen molar-refractivity contribution in [2.45, 2.75) is 12.8 Å². The first kappa shape index (κ1) is 8.93. The molecular weight excluding hydrogens is 156 g/mol. The monoisotopic (exact) mass is 168 g/mol. The van der Waals surface area contributed by atoms with Crippen molar-refractivity contribution >= 4 is 6.29 Å². The molecule has 0 aromatic carbocycles. The molecule has 0 unspecified atom stereocenters. The van der Waals surface area contributed by atoms with Gasteiger partial charge in [0, 0.05) is 20.1 Å². The summed E-state index contributed by atoms with van der Waals surface area (Å²) in [7, 11) is 1.67. The third kappa shape index (κ3) is 2.47. The zero-order valence-corrected chi connectivity index (χ0v) is 7.04. The van der Waals surface area contributed by atoms with Gasteiger partial charge in [0.15, 0.2) is 6.29 Å². The Morgan fingerprint density at radius 2 is 2.58 bits per heavy atom. The summed E-state index contributed by atoms with van der Waals surface area (Å²) in [5.74, 6) is 0.842. The van der Waals surface area contributed by atoms with Crippen molar-refractivity contribution < 1.29 is 9.53 Å². The Balaban J connectivity index is 2.36. The van der Waals surface area contributed by atoms with Crippen LogP contribution >= 0.6 is 0 Å². The summed E-state index contributed by atoms with van der Waals surface area (Å²) in [5.41, 5.74) is 0.530. The third-order valence-electron chi connectivity index (χ3n) is 1.54. The highest BCUT2D eigenvalue weighted by molar-refractivity contribution is 5.71. The van der Waals surface area contributed by atoms with Crippen LogP contribution in [0.1, 0.15) is 22.7 Å². The molecule has 0 spiro atoms. The minimum absolute atomic E-state index is 0.530. The molecule has 4 heteroatoms. The van der Waals surface area contributed by atoms with Crippen LogP contribution in [0.3, 0.4) is 0 Å². The number of aromatic nitrogens is 2. The first-order valence-corrected chi connectivity index (χ1v) is 3.85. The van der Waals surface area contributed by atoms with Gasteiger partial charge in [0.2, 0.25) is 0 Å². The van der Waals surface area contributed by atoms with Crippen molar-refractivity contribution in [2.75, 3.05) is 13.7 Å². The second-order valence-corrected chi connectivity index (χ2v) is 2.50. The number of ether oxygens (including phenoxy) is 1. The summed E-state index contributed by atoms with van der Waals surface area (Å²) in [6.07, 6.45) is 4.03. The van der Waals surface area contributed by atoms with E-state index in [1.165, 1.54) is 6.20 Å². The average Bonchev–Trinajstić information content (AvgIpc) is 2.53. The number of nitrogens with one attached hydrogen (secondary N) is 1. The molecule has 1 N–H and O–H groups in total. The van der Waals surface area contributed by atoms with E-state index in [9.17, 15) is 4.79 Å². The molecule has 0 aliphatic rings. The van der Waals surface area contributed by atoms with Gasteiger partial charge in [0.25, 0.3) is 0 Å². The van der Waals surface area contributed by atoms with Gasteiger partial charge in [-0.25, -0.2) is 4.98 Å². The number of hydrogen-bond acceptors (Lipinski definition) is 3. The van der Waals surface area contributed by atoms with E-state index in [1.807, 2.05) is 0 Å². The largest absolute Gasteiger partial charge is 0.385 e. The topological polar surface area (TPSA) is 55.0 Å². The van der Waals surface area contributed by atoms with E-state index >= 15 is 0 Å². The van der Waals surface area contributed by atoms with E-state index in [1.54, 1.807) is 7.11 Å². The van der Waals surface area contributed by atoms with Crippen molar-refractivity contribution in [1.29, 1.82) is 0 Å². The van der Waals surface area contributed by atoms with E-state index in [-0.39, 0.29) is 0 Å². The van der Waals surface area contributed by atoms with Gasteiger partial charge in [0.05, 0.1) is 11.9 Å². The Kier molecular flexibility index (Phi) is 3.47. The van der Waals surface area contributed by atoms with Gasteiger partial charge in [-0.1, -0.05) is 0 Å². The van der Waals surface area contributed by atoms with E-state index in [4.69, 9.17) is 4.74 Å². The Labute approximate surface area is 71.0 Å². The zero-order valence-electron chi connectivity index (χ0n) is 7.04. The van der Waals surface area contributed by atoms with Crippen LogP contribution in [-0.2, 0) is 11.2 Å². The lowest BCUT2D eigenvalue weighted by Crippen LogP contribution is -1.94. The first-order valence-electron chi connectivity index (χ1n) is 3.85. The summed E-state index contributed by atoms with van der Waals surface area (Å²) < 4.78 is 4.89. The van der Waals surface area contributed by atoms with Crippen molar-refractivity contribution in [3.63, 3.8) is 0 Å². The molecule has 1 rings (SSSR count). The number of aldehydes is 1. The SMILES string of the molecule is COCCCc1ncc(C=O)[nH]1. The lowest BCUT2D eigenvalue weighted by atomic mass is 10.3. The number of rotatable bonds is 5. The van der Waals surface area contributed by atoms with Crippen LogP contribution in [0.25, 0.3) is 0 Å². The van der Waals surface area contributed by atoms with Crippen LogP contribution < -0.4 is 0 Å². The normalized spacial score (nSPS) is 10.1.